The van der Waals surface area contributed by atoms with Crippen LogP contribution in [0.5, 0.6) is 0 Å². The van der Waals surface area contributed by atoms with Gasteiger partial charge in [-0.1, -0.05) is 38.1 Å². The summed E-state index contributed by atoms with van der Waals surface area (Å²) in [6.45, 7) is 4.02. The summed E-state index contributed by atoms with van der Waals surface area (Å²) in [6.07, 6.45) is -3.56. The average Bonchev–Trinajstić information content (AvgIpc) is 3.05. The highest BCUT2D eigenvalue weighted by Crippen LogP contribution is 2.32. The minimum atomic E-state index is -4.46. The van der Waals surface area contributed by atoms with Gasteiger partial charge in [-0.3, -0.25) is 19.3 Å². The summed E-state index contributed by atoms with van der Waals surface area (Å²) in [5.74, 6) is -0.690. The third-order valence-corrected chi connectivity index (χ3v) is 5.34. The molecule has 1 fully saturated rings. The van der Waals surface area contributed by atoms with E-state index in [-0.39, 0.29) is 37.1 Å². The number of carbonyl (C=O) groups excluding carboxylic acids is 3. The molecule has 3 amide bonds. The van der Waals surface area contributed by atoms with E-state index in [1.54, 1.807) is 30.3 Å². The molecule has 0 aromatic heterocycles. The zero-order chi connectivity index (χ0) is 23.5. The van der Waals surface area contributed by atoms with Crippen LogP contribution >= 0.6 is 0 Å². The molecule has 5 nitrogen and oxygen atoms in total. The maximum atomic E-state index is 13.1. The topological polar surface area (TPSA) is 66.5 Å². The summed E-state index contributed by atoms with van der Waals surface area (Å²) in [5, 5.41) is 2.84. The molecule has 1 saturated heterocycles. The second-order valence-corrected chi connectivity index (χ2v) is 8.35. The number of rotatable bonds is 7. The van der Waals surface area contributed by atoms with Gasteiger partial charge in [-0.15, -0.1) is 0 Å². The molecular weight excluding hydrogens is 421 g/mol. The summed E-state index contributed by atoms with van der Waals surface area (Å²) in [6, 6.07) is 10.9. The zero-order valence-electron chi connectivity index (χ0n) is 17.9. The first-order valence-electron chi connectivity index (χ1n) is 10.4. The number of benzene rings is 2. The molecule has 2 aromatic rings. The number of halogens is 3. The lowest BCUT2D eigenvalue weighted by molar-refractivity contribution is -0.139. The fourth-order valence-electron chi connectivity index (χ4n) is 3.67. The fraction of sp³-hybridized carbons (Fsp3) is 0.375. The van der Waals surface area contributed by atoms with E-state index in [0.717, 1.165) is 12.1 Å². The van der Waals surface area contributed by atoms with Crippen LogP contribution in [0.25, 0.3) is 0 Å². The first-order chi connectivity index (χ1) is 15.0. The number of imide groups is 1. The van der Waals surface area contributed by atoms with Crippen LogP contribution in [0.3, 0.4) is 0 Å². The predicted octanol–water partition coefficient (Wildman–Crippen LogP) is 4.87. The molecule has 0 radical (unpaired) electrons. The highest BCUT2D eigenvalue weighted by atomic mass is 19.4. The highest BCUT2D eigenvalue weighted by Gasteiger charge is 2.31. The van der Waals surface area contributed by atoms with Gasteiger partial charge in [0.05, 0.1) is 18.2 Å². The van der Waals surface area contributed by atoms with E-state index in [9.17, 15) is 27.6 Å². The summed E-state index contributed by atoms with van der Waals surface area (Å²) < 4.78 is 39.4. The molecule has 2 aromatic carbocycles. The Morgan fingerprint density at radius 3 is 2.22 bits per heavy atom. The number of hydrogen-bond donors (Lipinski definition) is 1. The van der Waals surface area contributed by atoms with Gasteiger partial charge in [0.2, 0.25) is 11.8 Å². The lowest BCUT2D eigenvalue weighted by Gasteiger charge is -2.22. The van der Waals surface area contributed by atoms with Gasteiger partial charge in [-0.2, -0.15) is 13.2 Å². The van der Waals surface area contributed by atoms with Crippen LogP contribution in [-0.4, -0.2) is 22.6 Å². The van der Waals surface area contributed by atoms with Gasteiger partial charge >= 0.3 is 6.18 Å². The van der Waals surface area contributed by atoms with Gasteiger partial charge in [0.1, 0.15) is 0 Å². The molecule has 0 saturated carbocycles. The number of alkyl halides is 3. The van der Waals surface area contributed by atoms with E-state index in [1.807, 2.05) is 13.8 Å². The number of carbonyl (C=O) groups is 3. The van der Waals surface area contributed by atoms with Gasteiger partial charge in [-0.05, 0) is 47.7 Å². The Kier molecular flexibility index (Phi) is 7.01. The summed E-state index contributed by atoms with van der Waals surface area (Å²) in [4.78, 5) is 37.5. The molecule has 1 N–H and O–H groups in total. The summed E-state index contributed by atoms with van der Waals surface area (Å²) >= 11 is 0. The molecule has 170 valence electrons. The Morgan fingerprint density at radius 2 is 1.66 bits per heavy atom. The SMILES string of the molecule is CC(C)CC(NC(=O)c1ccc(CN2C(=O)CCC2=O)cc1)c1cccc(C(F)(F)F)c1. The number of likely N-dealkylation sites (tertiary alicyclic amines) is 1. The van der Waals surface area contributed by atoms with Gasteiger partial charge < -0.3 is 5.32 Å². The van der Waals surface area contributed by atoms with E-state index in [4.69, 9.17) is 0 Å². The van der Waals surface area contributed by atoms with Crippen LogP contribution in [0.15, 0.2) is 48.5 Å². The first kappa shape index (κ1) is 23.5. The van der Waals surface area contributed by atoms with Gasteiger partial charge in [-0.25, -0.2) is 0 Å². The van der Waals surface area contributed by atoms with Crippen LogP contribution < -0.4 is 5.32 Å². The molecule has 0 spiro atoms. The number of nitrogens with one attached hydrogen (secondary N) is 1. The van der Waals surface area contributed by atoms with Crippen LogP contribution in [-0.2, 0) is 22.3 Å². The zero-order valence-corrected chi connectivity index (χ0v) is 17.9. The smallest absolute Gasteiger partial charge is 0.345 e. The molecular formula is C24H25F3N2O3. The van der Waals surface area contributed by atoms with Crippen molar-refractivity contribution >= 4 is 17.7 Å². The van der Waals surface area contributed by atoms with Crippen LogP contribution in [0.4, 0.5) is 13.2 Å². The molecule has 0 aliphatic carbocycles. The van der Waals surface area contributed by atoms with E-state index >= 15 is 0 Å². The molecule has 32 heavy (non-hydrogen) atoms. The summed E-state index contributed by atoms with van der Waals surface area (Å²) in [5.41, 5.74) is 0.688. The molecule has 1 unspecified atom stereocenters. The second kappa shape index (κ2) is 9.54. The van der Waals surface area contributed by atoms with E-state index in [0.29, 0.717) is 23.1 Å². The summed E-state index contributed by atoms with van der Waals surface area (Å²) in [7, 11) is 0. The lowest BCUT2D eigenvalue weighted by atomic mass is 9.95. The molecule has 8 heteroatoms. The number of nitrogens with zero attached hydrogens (tertiary/aromatic N) is 1. The van der Waals surface area contributed by atoms with Crippen molar-refractivity contribution in [1.29, 1.82) is 0 Å². The maximum absolute atomic E-state index is 13.1. The number of hydrogen-bond acceptors (Lipinski definition) is 3. The van der Waals surface area contributed by atoms with Gasteiger partial charge in [0.25, 0.3) is 5.91 Å². The van der Waals surface area contributed by atoms with Crippen molar-refractivity contribution in [2.24, 2.45) is 5.92 Å². The Bertz CT molecular complexity index is 984. The lowest BCUT2D eigenvalue weighted by Crippen LogP contribution is -2.30. The Balaban J connectivity index is 1.74. The molecule has 1 aliphatic rings. The van der Waals surface area contributed by atoms with E-state index in [1.165, 1.54) is 11.0 Å². The Morgan fingerprint density at radius 1 is 1.03 bits per heavy atom. The molecule has 1 atom stereocenters. The Hall–Kier alpha value is -3.16. The van der Waals surface area contributed by atoms with Crippen molar-refractivity contribution in [3.63, 3.8) is 0 Å². The molecule has 1 heterocycles. The molecule has 3 rings (SSSR count). The third-order valence-electron chi connectivity index (χ3n) is 5.34. The quantitative estimate of drug-likeness (QED) is 0.617. The predicted molar refractivity (Wildman–Crippen MR) is 112 cm³/mol. The van der Waals surface area contributed by atoms with Gasteiger partial charge in [0, 0.05) is 18.4 Å². The Labute approximate surface area is 184 Å². The largest absolute Gasteiger partial charge is 0.416 e. The average molecular weight is 446 g/mol. The molecule has 1 aliphatic heterocycles. The van der Waals surface area contributed by atoms with Gasteiger partial charge in [0.15, 0.2) is 0 Å². The van der Waals surface area contributed by atoms with Crippen molar-refractivity contribution in [2.75, 3.05) is 0 Å². The maximum Gasteiger partial charge on any atom is 0.416 e. The van der Waals surface area contributed by atoms with Crippen molar-refractivity contribution in [2.45, 2.75) is 51.9 Å². The number of amides is 3. The van der Waals surface area contributed by atoms with Crippen molar-refractivity contribution < 1.29 is 27.6 Å². The van der Waals surface area contributed by atoms with Crippen molar-refractivity contribution in [3.05, 3.63) is 70.8 Å². The monoisotopic (exact) mass is 446 g/mol. The fourth-order valence-corrected chi connectivity index (χ4v) is 3.67. The second-order valence-electron chi connectivity index (χ2n) is 8.35. The van der Waals surface area contributed by atoms with Crippen LogP contribution in [0.1, 0.15) is 66.2 Å². The van der Waals surface area contributed by atoms with E-state index < -0.39 is 23.7 Å². The minimum absolute atomic E-state index is 0.146. The standard InChI is InChI=1S/C24H25F3N2O3/c1-15(2)12-20(18-4-3-5-19(13-18)24(25,26)27)28-23(32)17-8-6-16(7-9-17)14-29-21(30)10-11-22(29)31/h3-9,13,15,20H,10-12,14H2,1-2H3,(H,28,32). The third kappa shape index (κ3) is 5.75. The molecule has 0 bridgehead atoms. The van der Waals surface area contributed by atoms with Crippen LogP contribution in [0.2, 0.25) is 0 Å². The van der Waals surface area contributed by atoms with E-state index in [2.05, 4.69) is 5.32 Å². The highest BCUT2D eigenvalue weighted by molar-refractivity contribution is 6.01. The van der Waals surface area contributed by atoms with Crippen molar-refractivity contribution in [1.82, 2.24) is 10.2 Å². The minimum Gasteiger partial charge on any atom is -0.345 e. The van der Waals surface area contributed by atoms with Crippen molar-refractivity contribution in [3.8, 4) is 0 Å². The normalized spacial score (nSPS) is 15.4. The first-order valence-corrected chi connectivity index (χ1v) is 10.4. The van der Waals surface area contributed by atoms with Crippen LogP contribution in [0, 0.1) is 5.92 Å².